The molecule has 2 aromatic rings. The van der Waals surface area contributed by atoms with Gasteiger partial charge in [0.15, 0.2) is 5.96 Å². The second kappa shape index (κ2) is 12.3. The van der Waals surface area contributed by atoms with Crippen LogP contribution in [0.2, 0.25) is 0 Å². The van der Waals surface area contributed by atoms with Crippen LogP contribution in [0.5, 0.6) is 0 Å². The topological polar surface area (TPSA) is 68.8 Å². The Kier molecular flexibility index (Phi) is 9.76. The lowest BCUT2D eigenvalue weighted by atomic mass is 10.1. The fourth-order valence-corrected chi connectivity index (χ4v) is 3.15. The number of nitrogens with zero attached hydrogens (tertiary/aromatic N) is 2. The number of halogens is 1. The molecule has 1 saturated heterocycles. The van der Waals surface area contributed by atoms with E-state index in [-0.39, 0.29) is 29.9 Å². The fourth-order valence-electron chi connectivity index (χ4n) is 3.15. The Labute approximate surface area is 190 Å². The quantitative estimate of drug-likeness (QED) is 0.306. The molecule has 3 rings (SSSR count). The minimum atomic E-state index is 0. The molecule has 1 heterocycles. The second-order valence-electron chi connectivity index (χ2n) is 6.80. The van der Waals surface area contributed by atoms with Crippen LogP contribution in [0, 0.1) is 0 Å². The Morgan fingerprint density at radius 2 is 1.83 bits per heavy atom. The minimum absolute atomic E-state index is 0. The standard InChI is InChI=1S/C22H29N5O.HI/c1-2-23-22(25-13-12-18-6-4-3-5-7-18)26-16-19-8-10-20(11-9-19)27-15-14-24-21(28)17-27;/h3-11H,2,12-17H2,1H3,(H,24,28)(H2,23,25,26);1H. The van der Waals surface area contributed by atoms with Crippen molar-refractivity contribution in [2.75, 3.05) is 37.6 Å². The molecule has 2 aromatic carbocycles. The van der Waals surface area contributed by atoms with E-state index in [1.165, 1.54) is 5.56 Å². The molecule has 0 radical (unpaired) electrons. The van der Waals surface area contributed by atoms with E-state index < -0.39 is 0 Å². The van der Waals surface area contributed by atoms with Gasteiger partial charge < -0.3 is 20.9 Å². The molecule has 0 aromatic heterocycles. The maximum Gasteiger partial charge on any atom is 0.239 e. The molecule has 1 aliphatic heterocycles. The molecule has 0 saturated carbocycles. The molecule has 0 spiro atoms. The summed E-state index contributed by atoms with van der Waals surface area (Å²) >= 11 is 0. The molecular weight excluding hydrogens is 477 g/mol. The lowest BCUT2D eigenvalue weighted by molar-refractivity contribution is -0.120. The Balaban J connectivity index is 0.00000300. The maximum absolute atomic E-state index is 11.5. The summed E-state index contributed by atoms with van der Waals surface area (Å²) in [4.78, 5) is 18.3. The van der Waals surface area contributed by atoms with Crippen molar-refractivity contribution >= 4 is 41.5 Å². The third kappa shape index (κ3) is 7.56. The molecule has 3 N–H and O–H groups in total. The Morgan fingerprint density at radius 1 is 1.07 bits per heavy atom. The van der Waals surface area contributed by atoms with Crippen LogP contribution in [0.3, 0.4) is 0 Å². The van der Waals surface area contributed by atoms with Gasteiger partial charge in [-0.3, -0.25) is 4.79 Å². The van der Waals surface area contributed by atoms with E-state index in [1.807, 2.05) is 6.07 Å². The summed E-state index contributed by atoms with van der Waals surface area (Å²) in [6.07, 6.45) is 0.962. The van der Waals surface area contributed by atoms with E-state index in [9.17, 15) is 4.79 Å². The van der Waals surface area contributed by atoms with Gasteiger partial charge in [0.25, 0.3) is 0 Å². The number of nitrogens with one attached hydrogen (secondary N) is 3. The van der Waals surface area contributed by atoms with Gasteiger partial charge in [0.2, 0.25) is 5.91 Å². The van der Waals surface area contributed by atoms with Crippen LogP contribution in [-0.2, 0) is 17.8 Å². The first kappa shape index (κ1) is 23.0. The molecule has 1 aliphatic rings. The van der Waals surface area contributed by atoms with Crippen molar-refractivity contribution in [3.8, 4) is 0 Å². The number of rotatable bonds is 7. The Bertz CT molecular complexity index is 780. The van der Waals surface area contributed by atoms with E-state index in [4.69, 9.17) is 0 Å². The largest absolute Gasteiger partial charge is 0.360 e. The summed E-state index contributed by atoms with van der Waals surface area (Å²) in [6, 6.07) is 18.7. The van der Waals surface area contributed by atoms with E-state index in [1.54, 1.807) is 0 Å². The number of anilines is 1. The van der Waals surface area contributed by atoms with E-state index in [0.29, 0.717) is 19.6 Å². The summed E-state index contributed by atoms with van der Waals surface area (Å²) in [5.41, 5.74) is 3.54. The van der Waals surface area contributed by atoms with Gasteiger partial charge in [-0.15, -0.1) is 24.0 Å². The van der Waals surface area contributed by atoms with Crippen molar-refractivity contribution in [3.05, 3.63) is 65.7 Å². The van der Waals surface area contributed by atoms with Crippen molar-refractivity contribution in [2.24, 2.45) is 4.99 Å². The van der Waals surface area contributed by atoms with Gasteiger partial charge in [0, 0.05) is 31.9 Å². The first-order chi connectivity index (χ1) is 13.7. The minimum Gasteiger partial charge on any atom is -0.360 e. The molecule has 0 bridgehead atoms. The van der Waals surface area contributed by atoms with E-state index in [0.717, 1.165) is 43.3 Å². The van der Waals surface area contributed by atoms with Gasteiger partial charge in [0.05, 0.1) is 13.1 Å². The third-order valence-corrected chi connectivity index (χ3v) is 4.65. The molecule has 1 amide bonds. The van der Waals surface area contributed by atoms with Gasteiger partial charge in [-0.1, -0.05) is 42.5 Å². The molecule has 0 atom stereocenters. The van der Waals surface area contributed by atoms with Gasteiger partial charge in [-0.05, 0) is 36.6 Å². The van der Waals surface area contributed by atoms with Crippen LogP contribution >= 0.6 is 24.0 Å². The number of amides is 1. The summed E-state index contributed by atoms with van der Waals surface area (Å²) in [5, 5.41) is 9.54. The molecular formula is C22H30IN5O. The molecule has 29 heavy (non-hydrogen) atoms. The number of carbonyl (C=O) groups excluding carboxylic acids is 1. The van der Waals surface area contributed by atoms with Crippen LogP contribution in [0.25, 0.3) is 0 Å². The number of piperazine rings is 1. The van der Waals surface area contributed by atoms with Crippen LogP contribution in [0.4, 0.5) is 5.69 Å². The number of hydrogen-bond donors (Lipinski definition) is 3. The van der Waals surface area contributed by atoms with Gasteiger partial charge in [0.1, 0.15) is 0 Å². The highest BCUT2D eigenvalue weighted by atomic mass is 127. The van der Waals surface area contributed by atoms with Crippen molar-refractivity contribution in [1.82, 2.24) is 16.0 Å². The molecule has 7 heteroatoms. The monoisotopic (exact) mass is 507 g/mol. The first-order valence-electron chi connectivity index (χ1n) is 9.91. The molecule has 0 aliphatic carbocycles. The number of benzene rings is 2. The highest BCUT2D eigenvalue weighted by Gasteiger charge is 2.16. The van der Waals surface area contributed by atoms with Crippen LogP contribution in [0.15, 0.2) is 59.6 Å². The molecule has 156 valence electrons. The number of guanidine groups is 1. The fraction of sp³-hybridized carbons (Fsp3) is 0.364. The summed E-state index contributed by atoms with van der Waals surface area (Å²) in [5.74, 6) is 0.909. The van der Waals surface area contributed by atoms with Crippen molar-refractivity contribution < 1.29 is 4.79 Å². The summed E-state index contributed by atoms with van der Waals surface area (Å²) in [7, 11) is 0. The highest BCUT2D eigenvalue weighted by Crippen LogP contribution is 2.16. The molecule has 6 nitrogen and oxygen atoms in total. The van der Waals surface area contributed by atoms with Gasteiger partial charge >= 0.3 is 0 Å². The van der Waals surface area contributed by atoms with Gasteiger partial charge in [-0.25, -0.2) is 4.99 Å². The average molecular weight is 507 g/mol. The van der Waals surface area contributed by atoms with Crippen LogP contribution in [-0.4, -0.2) is 44.6 Å². The zero-order chi connectivity index (χ0) is 19.6. The average Bonchev–Trinajstić information content (AvgIpc) is 2.73. The zero-order valence-corrected chi connectivity index (χ0v) is 19.2. The van der Waals surface area contributed by atoms with Crippen molar-refractivity contribution in [3.63, 3.8) is 0 Å². The normalized spacial score (nSPS) is 14.0. The molecule has 0 unspecified atom stereocenters. The predicted molar refractivity (Wildman–Crippen MR) is 130 cm³/mol. The third-order valence-electron chi connectivity index (χ3n) is 4.65. The second-order valence-corrected chi connectivity index (χ2v) is 6.80. The number of aliphatic imine (C=N–C) groups is 1. The summed E-state index contributed by atoms with van der Waals surface area (Å²) in [6.45, 7) is 6.32. The molecule has 1 fully saturated rings. The van der Waals surface area contributed by atoms with E-state index >= 15 is 0 Å². The van der Waals surface area contributed by atoms with Crippen LogP contribution in [0.1, 0.15) is 18.1 Å². The lowest BCUT2D eigenvalue weighted by Gasteiger charge is -2.28. The van der Waals surface area contributed by atoms with Crippen molar-refractivity contribution in [2.45, 2.75) is 19.9 Å². The number of carbonyl (C=O) groups is 1. The Hall–Kier alpha value is -2.29. The summed E-state index contributed by atoms with van der Waals surface area (Å²) < 4.78 is 0. The highest BCUT2D eigenvalue weighted by molar-refractivity contribution is 14.0. The Morgan fingerprint density at radius 3 is 2.52 bits per heavy atom. The van der Waals surface area contributed by atoms with Gasteiger partial charge in [-0.2, -0.15) is 0 Å². The SMILES string of the molecule is CCNC(=NCc1ccc(N2CCNC(=O)C2)cc1)NCCc1ccccc1.I. The van der Waals surface area contributed by atoms with Crippen molar-refractivity contribution in [1.29, 1.82) is 0 Å². The smallest absolute Gasteiger partial charge is 0.239 e. The predicted octanol–water partition coefficient (Wildman–Crippen LogP) is 2.54. The first-order valence-corrected chi connectivity index (χ1v) is 9.91. The zero-order valence-electron chi connectivity index (χ0n) is 16.9. The number of hydrogen-bond acceptors (Lipinski definition) is 3. The lowest BCUT2D eigenvalue weighted by Crippen LogP contribution is -2.47. The van der Waals surface area contributed by atoms with Crippen LogP contribution < -0.4 is 20.9 Å². The maximum atomic E-state index is 11.5. The van der Waals surface area contributed by atoms with E-state index in [2.05, 4.69) is 81.3 Å².